The summed E-state index contributed by atoms with van der Waals surface area (Å²) in [5.41, 5.74) is 1.98. The van der Waals surface area contributed by atoms with Crippen molar-refractivity contribution in [1.29, 1.82) is 0 Å². The number of rotatable bonds is 3. The van der Waals surface area contributed by atoms with Crippen molar-refractivity contribution in [3.63, 3.8) is 0 Å². The predicted molar refractivity (Wildman–Crippen MR) is 18.2 cm³/mol. The Balaban J connectivity index is 2.34. The Morgan fingerprint density at radius 2 is 2.00 bits per heavy atom. The van der Waals surface area contributed by atoms with Crippen molar-refractivity contribution in [2.24, 2.45) is 0 Å². The topological polar surface area (TPSA) is 39.7 Å². The van der Waals surface area contributed by atoms with Crippen LogP contribution in [0.25, 0.3) is 0 Å². The maximum absolute atomic E-state index is 4.19. The maximum atomic E-state index is 4.19. The van der Waals surface area contributed by atoms with Crippen LogP contribution in [0, 0.1) is 0 Å². The second-order valence-electron chi connectivity index (χ2n) is 0.537. The standard InChI is InChI=1S/C2H7NO3/c1-4-3-6-5-2/h3H,1-2H3. The molecule has 0 saturated heterocycles. The lowest BCUT2D eigenvalue weighted by Gasteiger charge is -1.93. The molecule has 0 aromatic heterocycles. The highest BCUT2D eigenvalue weighted by atomic mass is 17.3. The van der Waals surface area contributed by atoms with E-state index in [4.69, 9.17) is 0 Å². The third-order valence-corrected chi connectivity index (χ3v) is 0.201. The molecule has 0 saturated carbocycles. The molecule has 0 unspecified atom stereocenters. The van der Waals surface area contributed by atoms with Gasteiger partial charge in [-0.05, 0) is 5.64 Å². The molecule has 1 N–H and O–H groups in total. The van der Waals surface area contributed by atoms with Crippen LogP contribution in [0.2, 0.25) is 0 Å². The fourth-order valence-electron chi connectivity index (χ4n) is 0.0680. The Bertz CT molecular complexity index is 20.8. The maximum Gasteiger partial charge on any atom is 0.0733 e. The molecule has 0 aliphatic heterocycles. The van der Waals surface area contributed by atoms with Crippen molar-refractivity contribution in [3.05, 3.63) is 0 Å². The van der Waals surface area contributed by atoms with Crippen molar-refractivity contribution in [2.75, 3.05) is 14.2 Å². The number of hydrogen-bond donors (Lipinski definition) is 1. The number of hydrogen-bond acceptors (Lipinski definition) is 4. The summed E-state index contributed by atoms with van der Waals surface area (Å²) in [5, 5.41) is 0. The fraction of sp³-hybridized carbons (Fsp3) is 1.00. The summed E-state index contributed by atoms with van der Waals surface area (Å²) in [4.78, 5) is 12.2. The molecule has 0 aliphatic carbocycles. The molecule has 0 bridgehead atoms. The Hall–Kier alpha value is -0.160. The molecule has 6 heavy (non-hydrogen) atoms. The Morgan fingerprint density at radius 1 is 1.33 bits per heavy atom. The summed E-state index contributed by atoms with van der Waals surface area (Å²) < 4.78 is 0. The Morgan fingerprint density at radius 3 is 2.17 bits per heavy atom. The first-order chi connectivity index (χ1) is 2.91. The van der Waals surface area contributed by atoms with Crippen LogP contribution in [0.1, 0.15) is 0 Å². The van der Waals surface area contributed by atoms with Gasteiger partial charge in [0.25, 0.3) is 0 Å². The van der Waals surface area contributed by atoms with Gasteiger partial charge in [0.1, 0.15) is 0 Å². The minimum atomic E-state index is 1.37. The molecule has 4 nitrogen and oxygen atoms in total. The third kappa shape index (κ3) is 3.84. The number of nitrogens with one attached hydrogen (secondary N) is 1. The molecule has 0 fully saturated rings. The highest BCUT2D eigenvalue weighted by molar-refractivity contribution is 3.57. The first-order valence-electron chi connectivity index (χ1n) is 1.39. The van der Waals surface area contributed by atoms with Crippen molar-refractivity contribution in [2.45, 2.75) is 0 Å². The summed E-state index contributed by atoms with van der Waals surface area (Å²) in [6, 6.07) is 0. The molecule has 0 spiro atoms. The second-order valence-corrected chi connectivity index (χ2v) is 0.537. The van der Waals surface area contributed by atoms with Crippen LogP contribution in [0.4, 0.5) is 0 Å². The van der Waals surface area contributed by atoms with E-state index in [0.717, 1.165) is 0 Å². The van der Waals surface area contributed by atoms with Gasteiger partial charge in [0.15, 0.2) is 0 Å². The van der Waals surface area contributed by atoms with E-state index in [1.54, 1.807) is 0 Å². The van der Waals surface area contributed by atoms with Crippen molar-refractivity contribution in [1.82, 2.24) is 5.64 Å². The van der Waals surface area contributed by atoms with Crippen LogP contribution in [0.3, 0.4) is 0 Å². The van der Waals surface area contributed by atoms with Gasteiger partial charge < -0.3 is 0 Å². The van der Waals surface area contributed by atoms with Crippen LogP contribution in [-0.2, 0) is 14.7 Å². The normalized spacial score (nSPS) is 9.00. The molecule has 0 rings (SSSR count). The summed E-state index contributed by atoms with van der Waals surface area (Å²) >= 11 is 0. The van der Waals surface area contributed by atoms with Gasteiger partial charge in [0.2, 0.25) is 0 Å². The van der Waals surface area contributed by atoms with Crippen molar-refractivity contribution in [3.8, 4) is 0 Å². The lowest BCUT2D eigenvalue weighted by molar-refractivity contribution is -0.380. The average Bonchev–Trinajstić information content (AvgIpc) is 1.61. The lowest BCUT2D eigenvalue weighted by atomic mass is 11.7. The van der Waals surface area contributed by atoms with E-state index in [1.165, 1.54) is 14.2 Å². The van der Waals surface area contributed by atoms with E-state index in [1.807, 2.05) is 5.64 Å². The van der Waals surface area contributed by atoms with E-state index < -0.39 is 0 Å². The zero-order valence-corrected chi connectivity index (χ0v) is 3.72. The van der Waals surface area contributed by atoms with Crippen LogP contribution < -0.4 is 5.64 Å². The van der Waals surface area contributed by atoms with Gasteiger partial charge in [-0.3, -0.25) is 4.84 Å². The lowest BCUT2D eigenvalue weighted by Crippen LogP contribution is -2.10. The van der Waals surface area contributed by atoms with Crippen molar-refractivity contribution < 1.29 is 14.7 Å². The van der Waals surface area contributed by atoms with Gasteiger partial charge >= 0.3 is 0 Å². The zero-order chi connectivity index (χ0) is 4.83. The summed E-state index contributed by atoms with van der Waals surface area (Å²) in [6.07, 6.45) is 0. The minimum Gasteiger partial charge on any atom is -0.278 e. The Kier molecular flexibility index (Phi) is 4.71. The smallest absolute Gasteiger partial charge is 0.0733 e. The quantitative estimate of drug-likeness (QED) is 0.293. The molecule has 38 valence electrons. The van der Waals surface area contributed by atoms with Crippen LogP contribution in [0.15, 0.2) is 0 Å². The van der Waals surface area contributed by atoms with Crippen LogP contribution >= 0.6 is 0 Å². The first kappa shape index (κ1) is 5.84. The van der Waals surface area contributed by atoms with Gasteiger partial charge in [0, 0.05) is 0 Å². The largest absolute Gasteiger partial charge is 0.278 e. The van der Waals surface area contributed by atoms with E-state index in [0.29, 0.717) is 0 Å². The summed E-state index contributed by atoms with van der Waals surface area (Å²) in [7, 11) is 2.78. The molecule has 4 heteroatoms. The van der Waals surface area contributed by atoms with Crippen molar-refractivity contribution >= 4 is 0 Å². The molecule has 0 aromatic carbocycles. The molecule has 0 amide bonds. The monoisotopic (exact) mass is 93.0 g/mol. The van der Waals surface area contributed by atoms with Gasteiger partial charge in [-0.2, -0.15) is 0 Å². The molecule has 0 radical (unpaired) electrons. The first-order valence-corrected chi connectivity index (χ1v) is 1.39. The average molecular weight is 93.1 g/mol. The highest BCUT2D eigenvalue weighted by Gasteiger charge is 1.68. The molecule has 0 atom stereocenters. The van der Waals surface area contributed by atoms with Crippen LogP contribution in [-0.4, -0.2) is 14.2 Å². The second kappa shape index (κ2) is 4.84. The predicted octanol–water partition coefficient (Wildman–Crippen LogP) is -0.370. The van der Waals surface area contributed by atoms with E-state index in [2.05, 4.69) is 14.7 Å². The molecule has 0 aliphatic rings. The van der Waals surface area contributed by atoms with E-state index >= 15 is 0 Å². The van der Waals surface area contributed by atoms with Gasteiger partial charge in [-0.1, -0.05) is 0 Å². The van der Waals surface area contributed by atoms with Gasteiger partial charge in [-0.15, -0.1) is 4.99 Å². The fourth-order valence-corrected chi connectivity index (χ4v) is 0.0680. The van der Waals surface area contributed by atoms with E-state index in [-0.39, 0.29) is 0 Å². The highest BCUT2D eigenvalue weighted by Crippen LogP contribution is 1.58. The Labute approximate surface area is 35.8 Å². The molecular formula is C2H7NO3. The molecule has 0 heterocycles. The molecular weight excluding hydrogens is 86.0 g/mol. The van der Waals surface area contributed by atoms with Crippen LogP contribution in [0.5, 0.6) is 0 Å². The van der Waals surface area contributed by atoms with Gasteiger partial charge in [0.05, 0.1) is 14.2 Å². The summed E-state index contributed by atoms with van der Waals surface area (Å²) in [5.74, 6) is 0. The van der Waals surface area contributed by atoms with E-state index in [9.17, 15) is 0 Å². The molecule has 0 aromatic rings. The third-order valence-electron chi connectivity index (χ3n) is 0.201. The summed E-state index contributed by atoms with van der Waals surface area (Å²) in [6.45, 7) is 0. The van der Waals surface area contributed by atoms with Gasteiger partial charge in [-0.25, -0.2) is 4.89 Å². The zero-order valence-electron chi connectivity index (χ0n) is 3.72. The SMILES string of the molecule is CONOOC. The minimum absolute atomic E-state index is 1.37.